The second-order valence-corrected chi connectivity index (χ2v) is 9.93. The van der Waals surface area contributed by atoms with Crippen LogP contribution in [0.3, 0.4) is 0 Å². The Hall–Kier alpha value is -2.19. The Morgan fingerprint density at radius 3 is 2.74 bits per heavy atom. The Kier molecular flexibility index (Phi) is 6.48. The van der Waals surface area contributed by atoms with Gasteiger partial charge in [0.25, 0.3) is 5.56 Å². The first-order valence-corrected chi connectivity index (χ1v) is 12.1. The number of ether oxygens (including phenoxy) is 2. The molecule has 0 unspecified atom stereocenters. The normalized spacial score (nSPS) is 23.0. The van der Waals surface area contributed by atoms with Gasteiger partial charge in [0.15, 0.2) is 0 Å². The molecule has 2 aliphatic rings. The minimum absolute atomic E-state index is 0.0681. The van der Waals surface area contributed by atoms with E-state index in [0.29, 0.717) is 30.3 Å². The van der Waals surface area contributed by atoms with Crippen molar-refractivity contribution in [1.29, 1.82) is 0 Å². The fourth-order valence-corrected chi connectivity index (χ4v) is 5.40. The summed E-state index contributed by atoms with van der Waals surface area (Å²) in [6.45, 7) is 7.56. The first-order valence-electron chi connectivity index (χ1n) is 11.0. The van der Waals surface area contributed by atoms with Crippen LogP contribution in [0.2, 0.25) is 0 Å². The van der Waals surface area contributed by atoms with Crippen LogP contribution in [0.25, 0.3) is 0 Å². The molecule has 2 N–H and O–H groups in total. The lowest BCUT2D eigenvalue weighted by Gasteiger charge is -2.36. The Morgan fingerprint density at radius 1 is 1.26 bits per heavy atom. The predicted molar refractivity (Wildman–Crippen MR) is 123 cm³/mol. The van der Waals surface area contributed by atoms with E-state index in [4.69, 9.17) is 9.47 Å². The smallest absolute Gasteiger partial charge is 0.270 e. The summed E-state index contributed by atoms with van der Waals surface area (Å²) in [4.78, 5) is 25.6. The lowest BCUT2D eigenvalue weighted by atomic mass is 9.94. The quantitative estimate of drug-likeness (QED) is 0.649. The SMILES string of the molecule is CCCCOc1ccc([C@H]2SCC(=O)Nc3c2c(=O)[nH]n3[C@H]2CCOC(C)(C)C2)cc1. The molecule has 0 spiro atoms. The van der Waals surface area contributed by atoms with Gasteiger partial charge in [-0.2, -0.15) is 0 Å². The number of thioether (sulfide) groups is 1. The first-order chi connectivity index (χ1) is 14.9. The van der Waals surface area contributed by atoms with Crippen molar-refractivity contribution < 1.29 is 14.3 Å². The number of carbonyl (C=O) groups excluding carboxylic acids is 1. The minimum atomic E-state index is -0.270. The van der Waals surface area contributed by atoms with Crippen LogP contribution in [-0.4, -0.2) is 40.3 Å². The molecular weight excluding hydrogens is 414 g/mol. The summed E-state index contributed by atoms with van der Waals surface area (Å²) in [6, 6.07) is 7.94. The molecule has 0 radical (unpaired) electrons. The van der Waals surface area contributed by atoms with Crippen LogP contribution in [0.1, 0.15) is 68.9 Å². The van der Waals surface area contributed by atoms with E-state index in [1.165, 1.54) is 11.8 Å². The van der Waals surface area contributed by atoms with Gasteiger partial charge in [-0.25, -0.2) is 0 Å². The van der Waals surface area contributed by atoms with Gasteiger partial charge in [0.2, 0.25) is 5.91 Å². The maximum atomic E-state index is 13.1. The third kappa shape index (κ3) is 4.85. The molecule has 4 rings (SSSR count). The average Bonchev–Trinajstić information content (AvgIpc) is 2.94. The number of aromatic amines is 1. The lowest BCUT2D eigenvalue weighted by Crippen LogP contribution is -2.36. The summed E-state index contributed by atoms with van der Waals surface area (Å²) >= 11 is 1.48. The Labute approximate surface area is 186 Å². The lowest BCUT2D eigenvalue weighted by molar-refractivity contribution is -0.113. The number of unbranched alkanes of at least 4 members (excludes halogenated alkanes) is 1. The van der Waals surface area contributed by atoms with Gasteiger partial charge in [0.1, 0.15) is 11.6 Å². The van der Waals surface area contributed by atoms with Crippen molar-refractivity contribution in [3.63, 3.8) is 0 Å². The maximum absolute atomic E-state index is 13.1. The molecule has 1 amide bonds. The Balaban J connectivity index is 1.66. The number of nitrogens with zero attached hydrogens (tertiary/aromatic N) is 1. The predicted octanol–water partition coefficient (Wildman–Crippen LogP) is 4.26. The number of rotatable bonds is 6. The van der Waals surface area contributed by atoms with Crippen molar-refractivity contribution in [2.24, 2.45) is 0 Å². The van der Waals surface area contributed by atoms with Crippen LogP contribution in [0.15, 0.2) is 29.1 Å². The van der Waals surface area contributed by atoms with E-state index in [1.807, 2.05) is 28.9 Å². The molecule has 0 aliphatic carbocycles. The van der Waals surface area contributed by atoms with Crippen LogP contribution in [-0.2, 0) is 9.53 Å². The molecule has 1 aromatic carbocycles. The standard InChI is InChI=1S/C23H31N3O4S/c1-4-5-11-29-17-8-6-15(7-9-17)20-19-21(24-18(27)14-31-20)26(25-22(19)28)16-10-12-30-23(2,3)13-16/h6-9,16,20H,4-5,10-14H2,1-3H3,(H,24,27)(H,25,28)/t16-,20+/m0/s1. The summed E-state index contributed by atoms with van der Waals surface area (Å²) in [5.74, 6) is 1.62. The monoisotopic (exact) mass is 445 g/mol. The number of carbonyl (C=O) groups is 1. The van der Waals surface area contributed by atoms with E-state index in [1.54, 1.807) is 0 Å². The molecule has 168 valence electrons. The fraction of sp³-hybridized carbons (Fsp3) is 0.565. The van der Waals surface area contributed by atoms with Crippen LogP contribution in [0, 0.1) is 0 Å². The van der Waals surface area contributed by atoms with Crippen LogP contribution < -0.4 is 15.6 Å². The zero-order chi connectivity index (χ0) is 22.0. The number of benzene rings is 1. The summed E-state index contributed by atoms with van der Waals surface area (Å²) in [6.07, 6.45) is 3.66. The molecule has 2 aromatic rings. The maximum Gasteiger partial charge on any atom is 0.270 e. The number of amides is 1. The average molecular weight is 446 g/mol. The molecule has 7 nitrogen and oxygen atoms in total. The Bertz CT molecular complexity index is 980. The Morgan fingerprint density at radius 2 is 2.03 bits per heavy atom. The molecular formula is C23H31N3O4S. The number of H-pyrrole nitrogens is 1. The van der Waals surface area contributed by atoms with Gasteiger partial charge < -0.3 is 14.8 Å². The number of hydrogen-bond acceptors (Lipinski definition) is 5. The number of hydrogen-bond donors (Lipinski definition) is 2. The van der Waals surface area contributed by atoms with E-state index >= 15 is 0 Å². The molecule has 0 bridgehead atoms. The molecule has 1 saturated heterocycles. The van der Waals surface area contributed by atoms with E-state index < -0.39 is 0 Å². The van der Waals surface area contributed by atoms with Crippen LogP contribution >= 0.6 is 11.8 Å². The van der Waals surface area contributed by atoms with Gasteiger partial charge >= 0.3 is 0 Å². The van der Waals surface area contributed by atoms with E-state index in [9.17, 15) is 9.59 Å². The van der Waals surface area contributed by atoms with Gasteiger partial charge in [-0.15, -0.1) is 11.8 Å². The summed E-state index contributed by atoms with van der Waals surface area (Å²) < 4.78 is 13.5. The molecule has 1 aromatic heterocycles. The van der Waals surface area contributed by atoms with Crippen molar-refractivity contribution >= 4 is 23.5 Å². The van der Waals surface area contributed by atoms with Crippen LogP contribution in [0.5, 0.6) is 5.75 Å². The van der Waals surface area contributed by atoms with Crippen LogP contribution in [0.4, 0.5) is 5.82 Å². The highest BCUT2D eigenvalue weighted by Gasteiger charge is 2.35. The molecule has 2 aliphatic heterocycles. The molecule has 2 atom stereocenters. The largest absolute Gasteiger partial charge is 0.494 e. The van der Waals surface area contributed by atoms with Gasteiger partial charge in [0, 0.05) is 6.61 Å². The van der Waals surface area contributed by atoms with Gasteiger partial charge in [-0.1, -0.05) is 25.5 Å². The van der Waals surface area contributed by atoms with Gasteiger partial charge in [0.05, 0.1) is 34.8 Å². The number of nitrogens with one attached hydrogen (secondary N) is 2. The van der Waals surface area contributed by atoms with Crippen molar-refractivity contribution in [2.75, 3.05) is 24.3 Å². The molecule has 8 heteroatoms. The highest BCUT2D eigenvalue weighted by Crippen LogP contribution is 2.42. The first kappa shape index (κ1) is 22.0. The van der Waals surface area contributed by atoms with Crippen molar-refractivity contribution in [3.8, 4) is 5.75 Å². The molecule has 0 saturated carbocycles. The van der Waals surface area contributed by atoms with E-state index in [-0.39, 0.29) is 28.4 Å². The summed E-state index contributed by atoms with van der Waals surface area (Å²) in [5, 5.41) is 5.77. The molecule has 3 heterocycles. The highest BCUT2D eigenvalue weighted by molar-refractivity contribution is 8.00. The number of fused-ring (bicyclic) bond motifs is 1. The van der Waals surface area contributed by atoms with Crippen molar-refractivity contribution in [3.05, 3.63) is 45.7 Å². The number of aromatic nitrogens is 2. The number of anilines is 1. The minimum Gasteiger partial charge on any atom is -0.494 e. The summed E-state index contributed by atoms with van der Waals surface area (Å²) in [7, 11) is 0. The fourth-order valence-electron chi connectivity index (χ4n) is 4.27. The molecule has 1 fully saturated rings. The highest BCUT2D eigenvalue weighted by atomic mass is 32.2. The van der Waals surface area contributed by atoms with E-state index in [0.717, 1.165) is 37.0 Å². The second kappa shape index (κ2) is 9.12. The third-order valence-electron chi connectivity index (χ3n) is 5.85. The zero-order valence-electron chi connectivity index (χ0n) is 18.4. The topological polar surface area (TPSA) is 85.4 Å². The van der Waals surface area contributed by atoms with Crippen molar-refractivity contribution in [2.45, 2.75) is 63.3 Å². The van der Waals surface area contributed by atoms with Gasteiger partial charge in [-0.05, 0) is 50.8 Å². The third-order valence-corrected chi connectivity index (χ3v) is 7.12. The van der Waals surface area contributed by atoms with Crippen molar-refractivity contribution in [1.82, 2.24) is 9.78 Å². The summed E-state index contributed by atoms with van der Waals surface area (Å²) in [5.41, 5.74) is 1.18. The van der Waals surface area contributed by atoms with Gasteiger partial charge in [-0.3, -0.25) is 19.4 Å². The zero-order valence-corrected chi connectivity index (χ0v) is 19.2. The second-order valence-electron chi connectivity index (χ2n) is 8.84. The molecule has 31 heavy (non-hydrogen) atoms. The van der Waals surface area contributed by atoms with E-state index in [2.05, 4.69) is 31.2 Å².